The zero-order valence-corrected chi connectivity index (χ0v) is 11.9. The van der Waals surface area contributed by atoms with Crippen molar-refractivity contribution in [3.8, 4) is 0 Å². The highest BCUT2D eigenvalue weighted by molar-refractivity contribution is 7.89. The van der Waals surface area contributed by atoms with Gasteiger partial charge in [-0.2, -0.15) is 4.31 Å². The van der Waals surface area contributed by atoms with E-state index in [2.05, 4.69) is 0 Å². The number of benzene rings is 1. The summed E-state index contributed by atoms with van der Waals surface area (Å²) in [4.78, 5) is 0.268. The van der Waals surface area contributed by atoms with Gasteiger partial charge in [0.25, 0.3) is 0 Å². The minimum absolute atomic E-state index is 0.133. The van der Waals surface area contributed by atoms with Crippen LogP contribution in [0.2, 0.25) is 0 Å². The molecular weight excluding hydrogens is 262 g/mol. The van der Waals surface area contributed by atoms with Gasteiger partial charge in [0, 0.05) is 13.1 Å². The van der Waals surface area contributed by atoms with E-state index in [-0.39, 0.29) is 11.5 Å². The largest absolute Gasteiger partial charge is 0.392 e. The molecule has 0 fully saturated rings. The molecule has 1 aliphatic heterocycles. The maximum Gasteiger partial charge on any atom is 0.243 e. The van der Waals surface area contributed by atoms with Crippen LogP contribution in [0.1, 0.15) is 24.5 Å². The Morgan fingerprint density at radius 3 is 2.63 bits per heavy atom. The highest BCUT2D eigenvalue weighted by Crippen LogP contribution is 2.21. The highest BCUT2D eigenvalue weighted by Gasteiger charge is 2.24. The minimum Gasteiger partial charge on any atom is -0.392 e. The van der Waals surface area contributed by atoms with Gasteiger partial charge < -0.3 is 5.11 Å². The van der Waals surface area contributed by atoms with Crippen LogP contribution in [0.4, 0.5) is 0 Å². The Labute approximate surface area is 114 Å². The number of aliphatic hydroxyl groups excluding tert-OH is 1. The lowest BCUT2D eigenvalue weighted by molar-refractivity contribution is 0.280. The summed E-state index contributed by atoms with van der Waals surface area (Å²) in [5.41, 5.74) is 1.68. The lowest BCUT2D eigenvalue weighted by Gasteiger charge is -2.23. The van der Waals surface area contributed by atoms with Gasteiger partial charge in [-0.25, -0.2) is 8.42 Å². The average molecular weight is 281 g/mol. The van der Waals surface area contributed by atoms with Gasteiger partial charge in [0.05, 0.1) is 11.5 Å². The van der Waals surface area contributed by atoms with E-state index in [0.717, 1.165) is 18.4 Å². The standard InChI is InChI=1S/C14H19NO3S/c1-2-12-6-7-14(10-13(12)11-16)19(17,18)15-8-4-3-5-9-15/h3-4,6-7,10,16H,2,5,8-9,11H2,1H3. The van der Waals surface area contributed by atoms with E-state index in [1.54, 1.807) is 18.2 Å². The smallest absolute Gasteiger partial charge is 0.243 e. The van der Waals surface area contributed by atoms with Crippen molar-refractivity contribution in [1.29, 1.82) is 0 Å². The summed E-state index contributed by atoms with van der Waals surface area (Å²) in [6, 6.07) is 5.01. The summed E-state index contributed by atoms with van der Waals surface area (Å²) < 4.78 is 26.4. The molecule has 1 heterocycles. The third-order valence-corrected chi connectivity index (χ3v) is 5.25. The molecule has 5 heteroatoms. The van der Waals surface area contributed by atoms with Gasteiger partial charge in [0.1, 0.15) is 0 Å². The quantitative estimate of drug-likeness (QED) is 0.855. The van der Waals surface area contributed by atoms with Crippen LogP contribution in [0, 0.1) is 0 Å². The molecule has 0 bridgehead atoms. The third kappa shape index (κ3) is 2.88. The van der Waals surface area contributed by atoms with E-state index in [1.165, 1.54) is 4.31 Å². The van der Waals surface area contributed by atoms with E-state index in [9.17, 15) is 13.5 Å². The van der Waals surface area contributed by atoms with E-state index in [1.807, 2.05) is 19.1 Å². The molecular formula is C14H19NO3S. The zero-order valence-electron chi connectivity index (χ0n) is 11.0. The number of hydrogen-bond acceptors (Lipinski definition) is 3. The first-order valence-corrected chi connectivity index (χ1v) is 7.91. The molecule has 0 saturated carbocycles. The lowest BCUT2D eigenvalue weighted by atomic mass is 10.1. The first kappa shape index (κ1) is 14.2. The molecule has 0 unspecified atom stereocenters. The molecule has 1 aromatic carbocycles. The molecule has 0 spiro atoms. The normalized spacial score (nSPS) is 16.7. The van der Waals surface area contributed by atoms with E-state index in [0.29, 0.717) is 18.7 Å². The highest BCUT2D eigenvalue weighted by atomic mass is 32.2. The second-order valence-electron chi connectivity index (χ2n) is 4.57. The Bertz CT molecular complexity index is 578. The van der Waals surface area contributed by atoms with E-state index in [4.69, 9.17) is 0 Å². The van der Waals surface area contributed by atoms with E-state index < -0.39 is 10.0 Å². The summed E-state index contributed by atoms with van der Waals surface area (Å²) in [6.45, 7) is 2.79. The van der Waals surface area contributed by atoms with Crippen LogP contribution >= 0.6 is 0 Å². The predicted octanol–water partition coefficient (Wildman–Crippen LogP) is 1.69. The number of aliphatic hydroxyl groups is 1. The van der Waals surface area contributed by atoms with Crippen LogP contribution in [0.15, 0.2) is 35.2 Å². The molecule has 0 aromatic heterocycles. The molecule has 4 nitrogen and oxygen atoms in total. The Morgan fingerprint density at radius 1 is 1.26 bits per heavy atom. The van der Waals surface area contributed by atoms with Crippen molar-refractivity contribution < 1.29 is 13.5 Å². The number of sulfonamides is 1. The van der Waals surface area contributed by atoms with Gasteiger partial charge >= 0.3 is 0 Å². The summed E-state index contributed by atoms with van der Waals surface area (Å²) in [5, 5.41) is 9.33. The number of aryl methyl sites for hydroxylation is 1. The van der Waals surface area contributed by atoms with Crippen LogP contribution in [-0.4, -0.2) is 30.9 Å². The third-order valence-electron chi connectivity index (χ3n) is 3.39. The van der Waals surface area contributed by atoms with Gasteiger partial charge in [-0.15, -0.1) is 0 Å². The van der Waals surface area contributed by atoms with Crippen LogP contribution in [0.25, 0.3) is 0 Å². The second kappa shape index (κ2) is 5.86. The second-order valence-corrected chi connectivity index (χ2v) is 6.50. The molecule has 0 amide bonds. The summed E-state index contributed by atoms with van der Waals surface area (Å²) >= 11 is 0. The van der Waals surface area contributed by atoms with Gasteiger partial charge in [-0.05, 0) is 36.1 Å². The lowest BCUT2D eigenvalue weighted by Crippen LogP contribution is -2.33. The molecule has 19 heavy (non-hydrogen) atoms. The molecule has 0 radical (unpaired) electrons. The molecule has 0 saturated heterocycles. The molecule has 0 atom stereocenters. The maximum absolute atomic E-state index is 12.5. The fraction of sp³-hybridized carbons (Fsp3) is 0.429. The number of hydrogen-bond donors (Lipinski definition) is 1. The Balaban J connectivity index is 2.37. The number of nitrogens with zero attached hydrogens (tertiary/aromatic N) is 1. The predicted molar refractivity (Wildman–Crippen MR) is 74.3 cm³/mol. The van der Waals surface area contributed by atoms with Crippen molar-refractivity contribution in [2.24, 2.45) is 0 Å². The molecule has 1 aromatic rings. The monoisotopic (exact) mass is 281 g/mol. The van der Waals surface area contributed by atoms with Crippen molar-refractivity contribution >= 4 is 10.0 Å². The molecule has 0 aliphatic carbocycles. The fourth-order valence-corrected chi connectivity index (χ4v) is 3.70. The molecule has 1 aliphatic rings. The van der Waals surface area contributed by atoms with Gasteiger partial charge in [0.15, 0.2) is 0 Å². The van der Waals surface area contributed by atoms with Gasteiger partial charge in [0.2, 0.25) is 10.0 Å². The minimum atomic E-state index is -3.45. The summed E-state index contributed by atoms with van der Waals surface area (Å²) in [7, 11) is -3.45. The summed E-state index contributed by atoms with van der Waals surface area (Å²) in [6.07, 6.45) is 5.39. The van der Waals surface area contributed by atoms with Gasteiger partial charge in [-0.3, -0.25) is 0 Å². The Morgan fingerprint density at radius 2 is 2.05 bits per heavy atom. The van der Waals surface area contributed by atoms with Crippen molar-refractivity contribution in [2.75, 3.05) is 13.1 Å². The fourth-order valence-electron chi connectivity index (χ4n) is 2.24. The van der Waals surface area contributed by atoms with Crippen LogP contribution in [-0.2, 0) is 23.1 Å². The van der Waals surface area contributed by atoms with Crippen molar-refractivity contribution in [3.63, 3.8) is 0 Å². The zero-order chi connectivity index (χ0) is 13.9. The van der Waals surface area contributed by atoms with Crippen LogP contribution < -0.4 is 0 Å². The first-order chi connectivity index (χ1) is 9.09. The SMILES string of the molecule is CCc1ccc(S(=O)(=O)N2CC=CCC2)cc1CO. The Kier molecular flexibility index (Phi) is 4.39. The van der Waals surface area contributed by atoms with E-state index >= 15 is 0 Å². The molecule has 2 rings (SSSR count). The molecule has 104 valence electrons. The van der Waals surface area contributed by atoms with Crippen LogP contribution in [0.5, 0.6) is 0 Å². The van der Waals surface area contributed by atoms with Crippen molar-refractivity contribution in [2.45, 2.75) is 31.3 Å². The van der Waals surface area contributed by atoms with Crippen LogP contribution in [0.3, 0.4) is 0 Å². The topological polar surface area (TPSA) is 57.6 Å². The Hall–Kier alpha value is -1.17. The van der Waals surface area contributed by atoms with Crippen molar-refractivity contribution in [3.05, 3.63) is 41.5 Å². The van der Waals surface area contributed by atoms with Crippen molar-refractivity contribution in [1.82, 2.24) is 4.31 Å². The van der Waals surface area contributed by atoms with Gasteiger partial charge in [-0.1, -0.05) is 25.1 Å². The number of rotatable bonds is 4. The first-order valence-electron chi connectivity index (χ1n) is 6.47. The molecule has 1 N–H and O–H groups in total. The maximum atomic E-state index is 12.5. The average Bonchev–Trinajstić information content (AvgIpc) is 2.47. The summed E-state index contributed by atoms with van der Waals surface area (Å²) in [5.74, 6) is 0.